The quantitative estimate of drug-likeness (QED) is 0.00783. The molecule has 11 rings (SSSR count). The predicted octanol–water partition coefficient (Wildman–Crippen LogP) is 8.37. The Bertz CT molecular complexity index is 4350. The molecule has 4 aromatic heterocycles. The van der Waals surface area contributed by atoms with Crippen molar-refractivity contribution >= 4 is 125 Å². The molecule has 532 valence electrons. The van der Waals surface area contributed by atoms with Crippen molar-refractivity contribution in [3.63, 3.8) is 0 Å². The van der Waals surface area contributed by atoms with Gasteiger partial charge >= 0.3 is 5.97 Å². The molecular formula is C65H81N16O13P3S3. The van der Waals surface area contributed by atoms with Crippen LogP contribution in [0.3, 0.4) is 0 Å². The highest BCUT2D eigenvalue weighted by Crippen LogP contribution is 2.51. The fraction of sp³-hybridized carbons (Fsp3) is 0.400. The van der Waals surface area contributed by atoms with E-state index in [1.54, 1.807) is 63.6 Å². The van der Waals surface area contributed by atoms with Gasteiger partial charge in [0.25, 0.3) is 12.2 Å². The van der Waals surface area contributed by atoms with Crippen molar-refractivity contribution in [2.75, 3.05) is 69.1 Å². The fourth-order valence-corrected chi connectivity index (χ4v) is 16.2. The molecule has 2 fully saturated rings. The molecule has 7 heterocycles. The molecule has 3 aliphatic rings. The largest absolute Gasteiger partial charge is 0.492 e. The van der Waals surface area contributed by atoms with Gasteiger partial charge in [-0.25, -0.2) is 24.7 Å². The van der Waals surface area contributed by atoms with E-state index in [1.807, 2.05) is 65.2 Å². The summed E-state index contributed by atoms with van der Waals surface area (Å²) in [7, 11) is -1.43. The Hall–Kier alpha value is -7.35. The van der Waals surface area contributed by atoms with Gasteiger partial charge in [0.1, 0.15) is 42.4 Å². The van der Waals surface area contributed by atoms with E-state index < -0.39 is 44.5 Å². The average molecular weight is 1480 g/mol. The van der Waals surface area contributed by atoms with Gasteiger partial charge in [-0.3, -0.25) is 39.1 Å². The number of carbonyl (C=O) groups excluding carboxylic acids is 3. The van der Waals surface area contributed by atoms with Crippen LogP contribution in [-0.4, -0.2) is 132 Å². The highest BCUT2D eigenvalue weighted by Gasteiger charge is 2.39. The summed E-state index contributed by atoms with van der Waals surface area (Å²) in [6.45, 7) is -2.17. The Morgan fingerprint density at radius 2 is 1.51 bits per heavy atom. The number of fused-ring (bicyclic) bond motifs is 4. The number of benzene rings is 4. The number of ether oxygens (including phenoxy) is 4. The van der Waals surface area contributed by atoms with E-state index in [9.17, 15) is 29.0 Å². The van der Waals surface area contributed by atoms with E-state index in [-0.39, 0.29) is 79.2 Å². The summed E-state index contributed by atoms with van der Waals surface area (Å²) >= 11 is 11.5. The van der Waals surface area contributed by atoms with Crippen LogP contribution in [0.1, 0.15) is 116 Å². The summed E-state index contributed by atoms with van der Waals surface area (Å²) < 4.78 is 45.9. The van der Waals surface area contributed by atoms with Crippen molar-refractivity contribution in [1.29, 1.82) is 0 Å². The lowest BCUT2D eigenvalue weighted by Crippen LogP contribution is -2.34. The first-order valence-corrected chi connectivity index (χ1v) is 41.4. The van der Waals surface area contributed by atoms with Gasteiger partial charge in [0.05, 0.1) is 73.9 Å². The number of rotatable bonds is 34. The molecule has 0 spiro atoms. The minimum absolute atomic E-state index is 0.0375. The SMILES string of the molecule is CP(O)(=S)OCCCCCCNC(=O)CCCCC(=O)N1Cc2ccccc2/C(NCCOc2ccc(C(=O)Oc3ccc(CS[P@](NCC4C[C@H](n5cnc6c(=O)[nH]c(N)nc65)O[C@@H]4COP(N)(O)=S)OC[C@@H]4CC[C@H](n5cnc6c(N)ncnc65)O4)cc3)cc2)=C(/N)c2ccccc21. The third-order valence-corrected chi connectivity index (χ3v) is 22.0. The molecule has 14 N–H and O–H groups in total. The molecule has 2 saturated heterocycles. The van der Waals surface area contributed by atoms with Gasteiger partial charge in [-0.1, -0.05) is 78.8 Å². The fourth-order valence-electron chi connectivity index (χ4n) is 11.8. The van der Waals surface area contributed by atoms with E-state index in [0.29, 0.717) is 128 Å². The Morgan fingerprint density at radius 1 is 0.780 bits per heavy atom. The van der Waals surface area contributed by atoms with Crippen LogP contribution < -0.4 is 58.4 Å². The lowest BCUT2D eigenvalue weighted by Gasteiger charge is -2.30. The highest BCUT2D eigenvalue weighted by molar-refractivity contribution is 8.53. The summed E-state index contributed by atoms with van der Waals surface area (Å²) in [4.78, 5) is 98.4. The maximum absolute atomic E-state index is 14.1. The maximum atomic E-state index is 14.1. The summed E-state index contributed by atoms with van der Waals surface area (Å²) in [6.07, 6.45) is 9.68. The minimum Gasteiger partial charge on any atom is -0.492 e. The second kappa shape index (κ2) is 34.5. The van der Waals surface area contributed by atoms with Gasteiger partial charge in [0, 0.05) is 61.9 Å². The Morgan fingerprint density at radius 3 is 2.30 bits per heavy atom. The third kappa shape index (κ3) is 20.0. The molecule has 3 unspecified atom stereocenters. The van der Waals surface area contributed by atoms with E-state index in [2.05, 4.69) is 45.6 Å². The molecule has 35 heteroatoms. The second-order valence-electron chi connectivity index (χ2n) is 24.2. The summed E-state index contributed by atoms with van der Waals surface area (Å²) in [6, 6.07) is 29.4. The van der Waals surface area contributed by atoms with Crippen LogP contribution in [0.25, 0.3) is 33.7 Å². The van der Waals surface area contributed by atoms with Crippen LogP contribution in [0.4, 0.5) is 17.5 Å². The third-order valence-electron chi connectivity index (χ3n) is 16.9. The standard InChI is InChI=1S/C65H81N16O13P3S3/c1-96(86,98)90-30-11-3-2-10-28-70-52(82)16-8-9-17-53(83)79-34-43-12-4-5-13-48(43)57(56(66)49-14-6-7-15-50(49)79)71-29-31-88-45-24-20-42(21-25-45)64(85)93-46-22-18-41(19-23-46)37-100-95(89-35-47-26-27-54(92-47)80-39-74-58-60(67)72-38-73-61(58)80)76-33-44-32-55(94-51(44)36-91-97(69,87)99)81-40-75-59-62(81)77-65(68)78-63(59)84/h4-7,12-15,18-25,38-40,44,47,51,54-55,71,76H,2-3,8-11,16-17,26-37,66H2,1H3,(H,70,82)(H,86,98)(H2,67,72,73)(H3,69,87,99)(H3,68,77,78,84)/b57-56-/t44?,47-,51+,54+,55+,95+,96?,97?/m0/s1. The van der Waals surface area contributed by atoms with Gasteiger partial charge in [-0.15, -0.1) is 0 Å². The molecule has 8 aromatic rings. The lowest BCUT2D eigenvalue weighted by molar-refractivity contribution is -0.122. The predicted molar refractivity (Wildman–Crippen MR) is 391 cm³/mol. The number of nitrogens with two attached hydrogens (primary N) is 4. The Balaban J connectivity index is 0.664. The molecule has 0 bridgehead atoms. The summed E-state index contributed by atoms with van der Waals surface area (Å²) in [5.41, 5.74) is 31.3. The summed E-state index contributed by atoms with van der Waals surface area (Å²) in [5, 5.41) is 10.1. The van der Waals surface area contributed by atoms with Gasteiger partial charge in [0.2, 0.25) is 17.8 Å². The monoisotopic (exact) mass is 1480 g/mol. The number of carbonyl (C=O) groups is 3. The van der Waals surface area contributed by atoms with E-state index >= 15 is 0 Å². The zero-order chi connectivity index (χ0) is 70.3. The molecule has 0 radical (unpaired) electrons. The van der Waals surface area contributed by atoms with Crippen LogP contribution in [0.15, 0.2) is 121 Å². The number of hydrogen-bond acceptors (Lipinski definition) is 24. The van der Waals surface area contributed by atoms with Crippen molar-refractivity contribution in [2.24, 2.45) is 17.2 Å². The number of aromatic amines is 1. The smallest absolute Gasteiger partial charge is 0.343 e. The molecule has 29 nitrogen and oxygen atoms in total. The number of para-hydroxylation sites is 1. The Kier molecular flexibility index (Phi) is 25.5. The normalized spacial score (nSPS) is 19.8. The zero-order valence-corrected chi connectivity index (χ0v) is 60.0. The molecular weight excluding hydrogens is 1400 g/mol. The van der Waals surface area contributed by atoms with Gasteiger partial charge < -0.3 is 75.0 Å². The number of anilines is 3. The van der Waals surface area contributed by atoms with Crippen molar-refractivity contribution in [3.8, 4) is 11.5 Å². The number of aromatic nitrogens is 8. The number of unbranched alkanes of at least 4 members (excludes halogenated alkanes) is 4. The minimum atomic E-state index is -3.56. The van der Waals surface area contributed by atoms with E-state index in [1.165, 1.54) is 19.3 Å². The lowest BCUT2D eigenvalue weighted by atomic mass is 9.95. The van der Waals surface area contributed by atoms with Gasteiger partial charge in [0.15, 0.2) is 36.6 Å². The molecule has 0 saturated carbocycles. The topological polar surface area (TPSA) is 407 Å². The molecule has 100 heavy (non-hydrogen) atoms. The first kappa shape index (κ1) is 73.9. The Labute approximate surface area is 592 Å². The van der Waals surface area contributed by atoms with Crippen LogP contribution in [0.5, 0.6) is 11.5 Å². The zero-order valence-electron chi connectivity index (χ0n) is 54.8. The van der Waals surface area contributed by atoms with Crippen molar-refractivity contribution in [3.05, 3.63) is 154 Å². The number of amides is 2. The molecule has 4 aromatic carbocycles. The first-order valence-electron chi connectivity index (χ1n) is 32.7. The van der Waals surface area contributed by atoms with E-state index in [4.69, 9.17) is 78.8 Å². The van der Waals surface area contributed by atoms with Crippen LogP contribution >= 0.6 is 32.0 Å². The van der Waals surface area contributed by atoms with Gasteiger partial charge in [-0.05, 0) is 122 Å². The van der Waals surface area contributed by atoms with Gasteiger partial charge in [-0.2, -0.15) is 4.98 Å². The number of imidazole rings is 2. The molecule has 8 atom stereocenters. The second-order valence-corrected chi connectivity index (χ2v) is 34.5. The van der Waals surface area contributed by atoms with Crippen LogP contribution in [0, 0.1) is 5.92 Å². The summed E-state index contributed by atoms with van der Waals surface area (Å²) in [5.74, 6) is 0.700. The highest BCUT2D eigenvalue weighted by atomic mass is 32.7. The average Bonchev–Trinajstić information content (AvgIpc) is 1.31. The van der Waals surface area contributed by atoms with E-state index in [0.717, 1.165) is 42.4 Å². The van der Waals surface area contributed by atoms with Crippen molar-refractivity contribution < 1.29 is 56.7 Å². The number of hydrogen-bond donors (Lipinski definition) is 10. The number of nitrogens with one attached hydrogen (secondary N) is 4. The van der Waals surface area contributed by atoms with Crippen molar-refractivity contribution in [1.82, 2.24) is 54.8 Å². The van der Waals surface area contributed by atoms with Crippen LogP contribution in [-0.2, 0) is 68.5 Å². The molecule has 3 aliphatic heterocycles. The maximum Gasteiger partial charge on any atom is 0.343 e. The molecule has 0 aliphatic carbocycles. The molecule has 2 amide bonds. The number of H-pyrrole nitrogens is 1. The van der Waals surface area contributed by atoms with Crippen LogP contribution in [0.2, 0.25) is 0 Å². The number of nitrogens with zero attached hydrogens (tertiary/aromatic N) is 8. The first-order chi connectivity index (χ1) is 48.2. The van der Waals surface area contributed by atoms with Crippen molar-refractivity contribution in [2.45, 2.75) is 108 Å². The number of nitrogen functional groups attached to an aromatic ring is 2. The number of esters is 1.